The molecule has 3 aromatic carbocycles. The molecule has 0 spiro atoms. The molecule has 0 aliphatic rings. The van der Waals surface area contributed by atoms with Crippen LogP contribution in [0.3, 0.4) is 0 Å². The van der Waals surface area contributed by atoms with Crippen molar-refractivity contribution >= 4 is 16.8 Å². The van der Waals surface area contributed by atoms with Crippen LogP contribution in [0.2, 0.25) is 0 Å². The molecule has 0 bridgehead atoms. The zero-order valence-corrected chi connectivity index (χ0v) is 11.1. The predicted octanol–water partition coefficient (Wildman–Crippen LogP) is 4.59. The summed E-state index contributed by atoms with van der Waals surface area (Å²) in [6, 6.07) is 24.2. The molecule has 1 unspecified atom stereocenters. The molecule has 1 atom stereocenters. The molecule has 0 aliphatic carbocycles. The first-order valence-corrected chi connectivity index (χ1v) is 6.73. The molecule has 0 fully saturated rings. The van der Waals surface area contributed by atoms with E-state index in [4.69, 9.17) is 0 Å². The monoisotopic (exact) mass is 260 g/mol. The van der Waals surface area contributed by atoms with E-state index in [1.54, 1.807) is 0 Å². The maximum Gasteiger partial charge on any atom is 0.0975 e. The third kappa shape index (κ3) is 2.79. The third-order valence-electron chi connectivity index (χ3n) is 3.39. The van der Waals surface area contributed by atoms with E-state index in [1.807, 2.05) is 72.8 Å². The summed E-state index contributed by atoms with van der Waals surface area (Å²) in [7, 11) is 0. The Balaban J connectivity index is 1.85. The van der Waals surface area contributed by atoms with Crippen LogP contribution in [0.25, 0.3) is 16.8 Å². The molecule has 1 N–H and O–H groups in total. The zero-order chi connectivity index (χ0) is 13.8. The molecule has 3 aromatic rings. The van der Waals surface area contributed by atoms with E-state index in [9.17, 15) is 5.11 Å². The van der Waals surface area contributed by atoms with Gasteiger partial charge in [0.2, 0.25) is 0 Å². The van der Waals surface area contributed by atoms with Crippen molar-refractivity contribution in [2.45, 2.75) is 6.10 Å². The van der Waals surface area contributed by atoms with Gasteiger partial charge in [0.1, 0.15) is 0 Å². The second-order valence-electron chi connectivity index (χ2n) is 4.82. The van der Waals surface area contributed by atoms with E-state index in [-0.39, 0.29) is 0 Å². The smallest absolute Gasteiger partial charge is 0.0975 e. The molecular formula is C19H16O. The summed E-state index contributed by atoms with van der Waals surface area (Å²) in [6.07, 6.45) is 3.18. The van der Waals surface area contributed by atoms with Crippen LogP contribution in [-0.4, -0.2) is 5.11 Å². The summed E-state index contributed by atoms with van der Waals surface area (Å²) < 4.78 is 0. The Hall–Kier alpha value is -2.38. The van der Waals surface area contributed by atoms with Crippen molar-refractivity contribution < 1.29 is 5.11 Å². The molecule has 0 radical (unpaired) electrons. The molecule has 0 amide bonds. The normalized spacial score (nSPS) is 12.8. The lowest BCUT2D eigenvalue weighted by molar-refractivity contribution is 0.229. The van der Waals surface area contributed by atoms with Gasteiger partial charge >= 0.3 is 0 Å². The molecule has 0 aromatic heterocycles. The highest BCUT2D eigenvalue weighted by molar-refractivity contribution is 5.83. The minimum atomic E-state index is -0.584. The third-order valence-corrected chi connectivity index (χ3v) is 3.39. The van der Waals surface area contributed by atoms with Gasteiger partial charge in [0.05, 0.1) is 6.10 Å². The molecule has 0 heterocycles. The molecule has 1 heteroatoms. The number of aliphatic hydroxyl groups is 1. The van der Waals surface area contributed by atoms with Crippen molar-refractivity contribution in [1.82, 2.24) is 0 Å². The Morgan fingerprint density at radius 2 is 1.45 bits per heavy atom. The van der Waals surface area contributed by atoms with E-state index < -0.39 is 6.10 Å². The summed E-state index contributed by atoms with van der Waals surface area (Å²) >= 11 is 0. The minimum Gasteiger partial charge on any atom is -0.384 e. The van der Waals surface area contributed by atoms with E-state index in [2.05, 4.69) is 12.1 Å². The summed E-state index contributed by atoms with van der Waals surface area (Å²) in [5.74, 6) is 0. The van der Waals surface area contributed by atoms with E-state index in [0.717, 1.165) is 16.5 Å². The molecule has 0 saturated carbocycles. The standard InChI is InChI=1S/C19H16O/c20-19(13-10-15-6-2-1-3-7-15)18-12-11-16-8-4-5-9-17(16)14-18/h1-14,19-20H/b13-10+. The van der Waals surface area contributed by atoms with Crippen LogP contribution in [0.4, 0.5) is 0 Å². The summed E-state index contributed by atoms with van der Waals surface area (Å²) in [6.45, 7) is 0. The Bertz CT molecular complexity index is 729. The second-order valence-corrected chi connectivity index (χ2v) is 4.82. The van der Waals surface area contributed by atoms with Crippen LogP contribution < -0.4 is 0 Å². The average Bonchev–Trinajstić information content (AvgIpc) is 2.53. The quantitative estimate of drug-likeness (QED) is 0.730. The summed E-state index contributed by atoms with van der Waals surface area (Å²) in [5, 5.41) is 12.6. The van der Waals surface area contributed by atoms with E-state index in [1.165, 1.54) is 5.39 Å². The maximum atomic E-state index is 10.3. The topological polar surface area (TPSA) is 20.2 Å². The van der Waals surface area contributed by atoms with Crippen LogP contribution in [0.1, 0.15) is 17.2 Å². The zero-order valence-electron chi connectivity index (χ0n) is 11.1. The van der Waals surface area contributed by atoms with Gasteiger partial charge in [0.25, 0.3) is 0 Å². The van der Waals surface area contributed by atoms with Crippen molar-refractivity contribution in [3.8, 4) is 0 Å². The lowest BCUT2D eigenvalue weighted by atomic mass is 10.0. The SMILES string of the molecule is OC(/C=C/c1ccccc1)c1ccc2ccccc2c1. The van der Waals surface area contributed by atoms with Gasteiger partial charge in [0.15, 0.2) is 0 Å². The largest absolute Gasteiger partial charge is 0.384 e. The Morgan fingerprint density at radius 3 is 2.25 bits per heavy atom. The van der Waals surface area contributed by atoms with Gasteiger partial charge in [0, 0.05) is 0 Å². The van der Waals surface area contributed by atoms with Gasteiger partial charge in [-0.3, -0.25) is 0 Å². The lowest BCUT2D eigenvalue weighted by Gasteiger charge is -2.07. The number of fused-ring (bicyclic) bond motifs is 1. The van der Waals surface area contributed by atoms with E-state index in [0.29, 0.717) is 0 Å². The van der Waals surface area contributed by atoms with Crippen molar-refractivity contribution in [1.29, 1.82) is 0 Å². The van der Waals surface area contributed by atoms with Gasteiger partial charge in [-0.1, -0.05) is 78.9 Å². The van der Waals surface area contributed by atoms with Crippen molar-refractivity contribution in [2.24, 2.45) is 0 Å². The summed E-state index contributed by atoms with van der Waals surface area (Å²) in [5.41, 5.74) is 2.00. The maximum absolute atomic E-state index is 10.3. The van der Waals surface area contributed by atoms with Crippen LogP contribution in [0, 0.1) is 0 Å². The first-order valence-electron chi connectivity index (χ1n) is 6.73. The first-order chi connectivity index (χ1) is 9.83. The number of hydrogen-bond donors (Lipinski definition) is 1. The van der Waals surface area contributed by atoms with E-state index >= 15 is 0 Å². The van der Waals surface area contributed by atoms with Gasteiger partial charge in [-0.15, -0.1) is 0 Å². The second kappa shape index (κ2) is 5.72. The van der Waals surface area contributed by atoms with Crippen LogP contribution in [0.15, 0.2) is 78.9 Å². The van der Waals surface area contributed by atoms with Gasteiger partial charge in [-0.25, -0.2) is 0 Å². The van der Waals surface area contributed by atoms with Gasteiger partial charge < -0.3 is 5.11 Å². The van der Waals surface area contributed by atoms with Crippen molar-refractivity contribution in [3.63, 3.8) is 0 Å². The Labute approximate surface area is 118 Å². The predicted molar refractivity (Wildman–Crippen MR) is 84.4 cm³/mol. The fraction of sp³-hybridized carbons (Fsp3) is 0.0526. The Kier molecular flexibility index (Phi) is 3.62. The molecule has 1 nitrogen and oxygen atoms in total. The molecule has 98 valence electrons. The fourth-order valence-electron chi connectivity index (χ4n) is 2.27. The van der Waals surface area contributed by atoms with Gasteiger partial charge in [-0.2, -0.15) is 0 Å². The van der Waals surface area contributed by atoms with Crippen LogP contribution in [-0.2, 0) is 0 Å². The highest BCUT2D eigenvalue weighted by atomic mass is 16.3. The van der Waals surface area contributed by atoms with Crippen LogP contribution in [0.5, 0.6) is 0 Å². The first kappa shape index (κ1) is 12.6. The number of hydrogen-bond acceptors (Lipinski definition) is 1. The van der Waals surface area contributed by atoms with Crippen molar-refractivity contribution in [2.75, 3.05) is 0 Å². The molecule has 20 heavy (non-hydrogen) atoms. The summed E-state index contributed by atoms with van der Waals surface area (Å²) in [4.78, 5) is 0. The number of aliphatic hydroxyl groups excluding tert-OH is 1. The highest BCUT2D eigenvalue weighted by Crippen LogP contribution is 2.21. The van der Waals surface area contributed by atoms with Crippen molar-refractivity contribution in [3.05, 3.63) is 90.0 Å². The minimum absolute atomic E-state index is 0.584. The molecular weight excluding hydrogens is 244 g/mol. The molecule has 0 aliphatic heterocycles. The van der Waals surface area contributed by atoms with Gasteiger partial charge in [-0.05, 0) is 28.0 Å². The van der Waals surface area contributed by atoms with Crippen LogP contribution >= 0.6 is 0 Å². The number of rotatable bonds is 3. The Morgan fingerprint density at radius 1 is 0.750 bits per heavy atom. The molecule has 3 rings (SSSR count). The lowest BCUT2D eigenvalue weighted by Crippen LogP contribution is -1.92. The molecule has 0 saturated heterocycles. The average molecular weight is 260 g/mol. The highest BCUT2D eigenvalue weighted by Gasteiger charge is 2.04. The number of benzene rings is 3. The fourth-order valence-corrected chi connectivity index (χ4v) is 2.27.